The molecule has 3 aliphatic rings. The number of likely N-dealkylation sites (tertiary alicyclic amines) is 1. The smallest absolute Gasteiger partial charge is 0.410 e. The third-order valence-electron chi connectivity index (χ3n) is 24.5. The van der Waals surface area contributed by atoms with Crippen molar-refractivity contribution in [2.45, 2.75) is 226 Å². The number of benzene rings is 2. The summed E-state index contributed by atoms with van der Waals surface area (Å²) in [4.78, 5) is 185. The second kappa shape index (κ2) is 70.2. The second-order valence-electron chi connectivity index (χ2n) is 37.5. The minimum atomic E-state index is -1.90. The van der Waals surface area contributed by atoms with Gasteiger partial charge in [-0.3, -0.25) is 52.8 Å². The van der Waals surface area contributed by atoms with E-state index in [0.717, 1.165) is 23.1 Å². The van der Waals surface area contributed by atoms with Gasteiger partial charge in [0, 0.05) is 105 Å². The number of aliphatic carboxylic acids is 1. The van der Waals surface area contributed by atoms with Gasteiger partial charge in [-0.05, 0) is 106 Å². The van der Waals surface area contributed by atoms with Crippen LogP contribution < -0.4 is 31.3 Å². The van der Waals surface area contributed by atoms with Gasteiger partial charge in [0.25, 0.3) is 18.1 Å². The zero-order chi connectivity index (χ0) is 108. The molecule has 10 amide bonds. The van der Waals surface area contributed by atoms with Gasteiger partial charge in [0.15, 0.2) is 11.9 Å². The van der Waals surface area contributed by atoms with Crippen LogP contribution in [0, 0.1) is 35.5 Å². The number of alkyl carbamates (subject to hydrolysis) is 1. The largest absolute Gasteiger partial charge is 0.475 e. The fourth-order valence-corrected chi connectivity index (χ4v) is 16.5. The number of ether oxygens (including phenoxy) is 18. The molecule has 1 fully saturated rings. The molecule has 2 aromatic rings. The van der Waals surface area contributed by atoms with E-state index in [4.69, 9.17) is 85.3 Å². The topological polar surface area (TPSA) is 542 Å². The lowest BCUT2D eigenvalue weighted by atomic mass is 9.83. The van der Waals surface area contributed by atoms with Crippen LogP contribution in [0.2, 0.25) is 0 Å². The van der Waals surface area contributed by atoms with Gasteiger partial charge in [-0.15, -0.1) is 0 Å². The molecule has 5 rings (SSSR count). The molecule has 2 aromatic carbocycles. The van der Waals surface area contributed by atoms with Crippen molar-refractivity contribution in [2.24, 2.45) is 35.5 Å². The van der Waals surface area contributed by atoms with E-state index in [0.29, 0.717) is 168 Å². The molecule has 0 saturated carbocycles. The molecule has 1 saturated heterocycles. The summed E-state index contributed by atoms with van der Waals surface area (Å²) in [6, 6.07) is 7.61. The van der Waals surface area contributed by atoms with Gasteiger partial charge >= 0.3 is 18.2 Å². The molecule has 1 unspecified atom stereocenters. The van der Waals surface area contributed by atoms with E-state index in [1.807, 2.05) is 51.1 Å². The van der Waals surface area contributed by atoms with Crippen LogP contribution in [0.3, 0.4) is 0 Å². The molecule has 9 N–H and O–H groups in total. The van der Waals surface area contributed by atoms with Gasteiger partial charge in [-0.1, -0.05) is 98.2 Å². The van der Waals surface area contributed by atoms with Crippen LogP contribution in [0.25, 0.3) is 0 Å². The number of likely N-dealkylation sites (N-methyl/N-ethyl adjacent to an activating group) is 2. The van der Waals surface area contributed by atoms with Crippen molar-refractivity contribution in [1.29, 1.82) is 0 Å². The fourth-order valence-electron chi connectivity index (χ4n) is 16.5. The van der Waals surface area contributed by atoms with Crippen LogP contribution in [0.4, 0.5) is 15.3 Å². The number of carboxylic acid groups (broad SMARTS) is 1. The Hall–Kier alpha value is -9.85. The Balaban J connectivity index is 1.14. The maximum atomic E-state index is 15.1. The third-order valence-corrected chi connectivity index (χ3v) is 24.5. The Morgan fingerprint density at radius 2 is 1.13 bits per heavy atom. The summed E-state index contributed by atoms with van der Waals surface area (Å²) >= 11 is 0. The maximum Gasteiger partial charge on any atom is 0.410 e. The van der Waals surface area contributed by atoms with E-state index >= 15 is 4.79 Å². The zero-order valence-electron chi connectivity index (χ0n) is 88.0. The molecule has 44 nitrogen and oxygen atoms in total. The highest BCUT2D eigenvalue weighted by Gasteiger charge is 2.46. The molecule has 0 aliphatic carbocycles. The van der Waals surface area contributed by atoms with Crippen LogP contribution in [0.15, 0.2) is 72.5 Å². The quantitative estimate of drug-likeness (QED) is 0.0294. The van der Waals surface area contributed by atoms with Crippen LogP contribution in [-0.4, -0.2) is 397 Å². The van der Waals surface area contributed by atoms with Gasteiger partial charge in [0.1, 0.15) is 41.9 Å². The lowest BCUT2D eigenvalue weighted by Gasteiger charge is -2.41. The number of nitrogens with one attached hydrogen (secondary N) is 5. The van der Waals surface area contributed by atoms with Crippen molar-refractivity contribution in [3.05, 3.63) is 83.6 Å². The summed E-state index contributed by atoms with van der Waals surface area (Å²) in [5.74, 6) is -11.9. The van der Waals surface area contributed by atoms with Gasteiger partial charge in [-0.25, -0.2) is 14.4 Å². The Morgan fingerprint density at radius 3 is 1.63 bits per heavy atom. The number of rotatable bonds is 78. The van der Waals surface area contributed by atoms with Crippen molar-refractivity contribution in [2.75, 3.05) is 219 Å². The molecule has 0 radical (unpaired) electrons. The monoisotopic (exact) mass is 2070 g/mol. The number of methoxy groups -OCH3 is 3. The van der Waals surface area contributed by atoms with Gasteiger partial charge in [-0.2, -0.15) is 0 Å². The highest BCUT2D eigenvalue weighted by molar-refractivity contribution is 6.15. The molecule has 3 heterocycles. The molecule has 15 atom stereocenters. The Labute approximate surface area is 857 Å². The third kappa shape index (κ3) is 46.5. The number of aliphatic hydroxyl groups excluding tert-OH is 3. The first-order valence-corrected chi connectivity index (χ1v) is 50.4. The lowest BCUT2D eigenvalue weighted by molar-refractivity contribution is -0.172. The fraction of sp³-hybridized carbons (Fsp3) is 0.716. The Kier molecular flexibility index (Phi) is 60.9. The number of hydrogen-bond acceptors (Lipinski definition) is 34. The van der Waals surface area contributed by atoms with Crippen molar-refractivity contribution in [1.82, 2.24) is 40.9 Å². The van der Waals surface area contributed by atoms with Gasteiger partial charge in [0.05, 0.1) is 207 Å². The van der Waals surface area contributed by atoms with E-state index in [9.17, 15) is 78.0 Å². The second-order valence-corrected chi connectivity index (χ2v) is 37.5. The van der Waals surface area contributed by atoms with E-state index in [1.165, 1.54) is 39.5 Å². The summed E-state index contributed by atoms with van der Waals surface area (Å²) in [6.45, 7) is 27.4. The molecular weight excluding hydrogens is 1910 g/mol. The van der Waals surface area contributed by atoms with Gasteiger partial charge in [0.2, 0.25) is 41.2 Å². The predicted molar refractivity (Wildman–Crippen MR) is 530 cm³/mol. The summed E-state index contributed by atoms with van der Waals surface area (Å²) < 4.78 is 100. The Bertz CT molecular complexity index is 4300. The average molecular weight is 2080 g/mol. The minimum absolute atomic E-state index is 0.00333. The number of carbonyl (C=O) groups excluding carboxylic acids is 12. The highest BCUT2D eigenvalue weighted by atomic mass is 16.7. The summed E-state index contributed by atoms with van der Waals surface area (Å²) in [7, 11) is 7.62. The normalized spacial score (nSPS) is 17.6. The first-order valence-electron chi connectivity index (χ1n) is 50.4. The standard InChI is InChI=1S/C102H163N9O35/c1-17-69(6)91(83(130-15)64-89(119)110-36-23-27-77(110)94(131-16)71(8)79(112)60-70(7)92(120)73-24-19-18-20-25-73)108(12)97(124)74(67(2)3)62-80(113)90(68(4)5)109(13)101(128)143-66-72-28-29-82(144-99-93(121)81(114)63-84(145-99)98(125)126)76(61-72)106-86(116)32-35-104-95(122)75(107-96(123)78(111-87(117)30-31-88(111)118)65-105-100(127)146-102(9,10)11)26-21-22-34-103-85(115)33-37-132-40-41-134-44-45-136-48-49-138-52-53-140-56-57-142-59-58-141-55-54-139-51-50-137-47-46-135-43-42-133-39-38-129-14/h18-20,24-25,28-31,61,63,67-71,74-75,77-78,81,83,90-94,99,114,120-121H,17,21-23,26-27,32-60,62,64-66H2,1-16H3,(H,103,115)(H,104,122)(H,105,127)(H,106,116)(H,107,123)(H,125,126)/t69-,70-,71-,74-,75-,77-,78?,81-,83+,90-,91-,92+,93+,94+,99+/m0/s1. The van der Waals surface area contributed by atoms with E-state index < -0.39 is 193 Å². The molecule has 44 heteroatoms. The number of amides is 10. The number of Topliss-reactive ketones (excluding diaryl/α,β-unsaturated/α-hetero) is 2. The van der Waals surface area contributed by atoms with E-state index in [1.54, 1.807) is 79.3 Å². The molecule has 826 valence electrons. The predicted octanol–water partition coefficient (Wildman–Crippen LogP) is 5.44. The number of unbranched alkanes of at least 4 members (excludes halogenated alkanes) is 1. The van der Waals surface area contributed by atoms with Crippen molar-refractivity contribution in [3.8, 4) is 5.75 Å². The van der Waals surface area contributed by atoms with Crippen LogP contribution in [0.1, 0.15) is 164 Å². The highest BCUT2D eigenvalue weighted by Crippen LogP contribution is 2.36. The van der Waals surface area contributed by atoms with Gasteiger partial charge < -0.3 is 147 Å². The number of imide groups is 1. The number of carbonyl (C=O) groups is 13. The van der Waals surface area contributed by atoms with Crippen LogP contribution >= 0.6 is 0 Å². The lowest BCUT2D eigenvalue weighted by Crippen LogP contribution is -2.58. The summed E-state index contributed by atoms with van der Waals surface area (Å²) in [6.07, 6.45) is -6.08. The number of nitrogens with zero attached hydrogens (tertiary/aromatic N) is 4. The van der Waals surface area contributed by atoms with Crippen LogP contribution in [-0.2, 0) is 140 Å². The zero-order valence-corrected chi connectivity index (χ0v) is 88.0. The maximum absolute atomic E-state index is 15.1. The molecular formula is C102H163N9O35. The number of carboxylic acids is 1. The Morgan fingerprint density at radius 1 is 0.589 bits per heavy atom. The number of ketones is 2. The first kappa shape index (κ1) is 127. The molecule has 3 aliphatic heterocycles. The van der Waals surface area contributed by atoms with Crippen molar-refractivity contribution >= 4 is 82.7 Å². The average Bonchev–Trinajstić information content (AvgIpc) is 1.38. The van der Waals surface area contributed by atoms with Crippen molar-refractivity contribution < 1.29 is 168 Å². The molecule has 146 heavy (non-hydrogen) atoms. The molecule has 0 spiro atoms. The summed E-state index contributed by atoms with van der Waals surface area (Å²) in [5.41, 5.74) is -0.321. The van der Waals surface area contributed by atoms with E-state index in [2.05, 4.69) is 26.6 Å². The minimum Gasteiger partial charge on any atom is -0.475 e. The van der Waals surface area contributed by atoms with Crippen molar-refractivity contribution in [3.63, 3.8) is 0 Å². The SMILES string of the molecule is CC[C@H](C)[C@@H]([C@@H](CC(=O)N1CCC[C@H]1[C@H](OC)[C@@H](C)C(=O)C[C@H](C)[C@@H](O)c1ccccc1)OC)N(C)C(=O)[C@@H](CC(=O)[C@H](C(C)C)N(C)C(=O)OCc1ccc(O[C@@H]2OC(C(=O)O)=C[C@H](O)[C@H]2O)c(NC(=O)CCNC(=O)[C@H](CCCCNC(=O)CCOCCOCCOCCOCCOCCOCCOCCOCCOCCOCCOCCOC)NC(=O)C(CNC(=O)OC(C)(C)C)N2C(=O)C=CC2=O)c1)C(C)C. The number of anilines is 1. The first-order chi connectivity index (χ1) is 69.8. The molecule has 0 bridgehead atoms. The number of hydrogen-bond donors (Lipinski definition) is 9. The summed E-state index contributed by atoms with van der Waals surface area (Å²) in [5, 5.41) is 55.6. The van der Waals surface area contributed by atoms with E-state index in [-0.39, 0.29) is 112 Å². The van der Waals surface area contributed by atoms with Crippen LogP contribution in [0.5, 0.6) is 5.75 Å². The number of aliphatic hydroxyl groups is 3. The molecule has 0 aromatic heterocycles.